The van der Waals surface area contributed by atoms with E-state index in [0.717, 1.165) is 11.1 Å². The number of hydrogen-bond acceptors (Lipinski definition) is 3. The highest BCUT2D eigenvalue weighted by Gasteiger charge is 2.30. The third kappa shape index (κ3) is 3.17. The fraction of sp³-hybridized carbons (Fsp3) is 0.571. The van der Waals surface area contributed by atoms with Crippen LogP contribution < -0.4 is 0 Å². The largest absolute Gasteiger partial charge is 0.376 e. The van der Waals surface area contributed by atoms with Crippen molar-refractivity contribution < 1.29 is 13.2 Å². The van der Waals surface area contributed by atoms with Crippen LogP contribution in [0.25, 0.3) is 0 Å². The molecule has 0 bridgehead atoms. The fourth-order valence-corrected chi connectivity index (χ4v) is 4.37. The Morgan fingerprint density at radius 2 is 2.20 bits per heavy atom. The van der Waals surface area contributed by atoms with Gasteiger partial charge < -0.3 is 4.74 Å². The van der Waals surface area contributed by atoms with Crippen LogP contribution in [-0.2, 0) is 27.1 Å². The van der Waals surface area contributed by atoms with Gasteiger partial charge in [0.2, 0.25) is 10.0 Å². The minimum atomic E-state index is -3.48. The van der Waals surface area contributed by atoms with Gasteiger partial charge in [0.1, 0.15) is 0 Å². The van der Waals surface area contributed by atoms with Crippen molar-refractivity contribution >= 4 is 21.6 Å². The molecule has 1 aromatic carbocycles. The van der Waals surface area contributed by atoms with Crippen molar-refractivity contribution in [2.75, 3.05) is 19.7 Å². The Morgan fingerprint density at radius 1 is 1.45 bits per heavy atom. The molecule has 1 unspecified atom stereocenters. The van der Waals surface area contributed by atoms with Crippen molar-refractivity contribution in [1.29, 1.82) is 0 Å². The quantitative estimate of drug-likeness (QED) is 0.801. The van der Waals surface area contributed by atoms with Gasteiger partial charge in [-0.05, 0) is 30.5 Å². The molecule has 0 N–H and O–H groups in total. The number of nitrogens with zero attached hydrogens (tertiary/aromatic N) is 1. The van der Waals surface area contributed by atoms with Crippen molar-refractivity contribution in [1.82, 2.24) is 4.31 Å². The zero-order chi connectivity index (χ0) is 14.8. The topological polar surface area (TPSA) is 46.6 Å². The van der Waals surface area contributed by atoms with Crippen LogP contribution in [0.3, 0.4) is 0 Å². The van der Waals surface area contributed by atoms with Gasteiger partial charge >= 0.3 is 0 Å². The van der Waals surface area contributed by atoms with E-state index in [9.17, 15) is 8.42 Å². The van der Waals surface area contributed by atoms with Crippen LogP contribution in [0.15, 0.2) is 23.1 Å². The molecule has 0 aliphatic carbocycles. The maximum Gasteiger partial charge on any atom is 0.243 e. The van der Waals surface area contributed by atoms with Crippen LogP contribution in [0.2, 0.25) is 0 Å². The highest BCUT2D eigenvalue weighted by molar-refractivity contribution is 7.89. The molecule has 1 fully saturated rings. The molecular formula is C14H20ClNO3S. The van der Waals surface area contributed by atoms with Crippen LogP contribution in [0.4, 0.5) is 0 Å². The first-order valence-corrected chi connectivity index (χ1v) is 8.76. The molecule has 0 radical (unpaired) electrons. The fourth-order valence-electron chi connectivity index (χ4n) is 2.36. The van der Waals surface area contributed by atoms with Gasteiger partial charge in [-0.3, -0.25) is 0 Å². The van der Waals surface area contributed by atoms with E-state index in [-0.39, 0.29) is 6.10 Å². The molecule has 1 atom stereocenters. The Bertz CT molecular complexity index is 574. The number of morpholine rings is 1. The van der Waals surface area contributed by atoms with Crippen molar-refractivity contribution in [2.24, 2.45) is 0 Å². The maximum atomic E-state index is 12.8. The number of ether oxygens (including phenoxy) is 1. The number of rotatable bonds is 4. The number of sulfonamides is 1. The van der Waals surface area contributed by atoms with Gasteiger partial charge in [0.25, 0.3) is 0 Å². The van der Waals surface area contributed by atoms with Crippen molar-refractivity contribution in [3.63, 3.8) is 0 Å². The Hall–Kier alpha value is -0.620. The average Bonchev–Trinajstić information content (AvgIpc) is 2.46. The van der Waals surface area contributed by atoms with Gasteiger partial charge in [-0.1, -0.05) is 19.1 Å². The van der Waals surface area contributed by atoms with Crippen LogP contribution >= 0.6 is 11.6 Å². The van der Waals surface area contributed by atoms with E-state index in [0.29, 0.717) is 36.9 Å². The number of hydrogen-bond donors (Lipinski definition) is 0. The SMILES string of the molecule is CCc1ccc(CCl)cc1S(=O)(=O)N1CCOC(C)C1. The summed E-state index contributed by atoms with van der Waals surface area (Å²) < 4.78 is 32.5. The van der Waals surface area contributed by atoms with Gasteiger partial charge in [0.15, 0.2) is 0 Å². The highest BCUT2D eigenvalue weighted by Crippen LogP contribution is 2.24. The minimum absolute atomic E-state index is 0.0696. The highest BCUT2D eigenvalue weighted by atomic mass is 35.5. The van der Waals surface area contributed by atoms with Crippen LogP contribution in [0.5, 0.6) is 0 Å². The Balaban J connectivity index is 2.42. The van der Waals surface area contributed by atoms with E-state index in [4.69, 9.17) is 16.3 Å². The molecule has 1 aliphatic heterocycles. The summed E-state index contributed by atoms with van der Waals surface area (Å²) in [6, 6.07) is 5.43. The lowest BCUT2D eigenvalue weighted by molar-refractivity contribution is 0.0101. The smallest absolute Gasteiger partial charge is 0.243 e. The van der Waals surface area contributed by atoms with E-state index in [1.165, 1.54) is 4.31 Å². The average molecular weight is 318 g/mol. The molecule has 0 saturated carbocycles. The lowest BCUT2D eigenvalue weighted by Gasteiger charge is -2.31. The first kappa shape index (κ1) is 15.8. The summed E-state index contributed by atoms with van der Waals surface area (Å²) in [6.07, 6.45) is 0.608. The molecular weight excluding hydrogens is 298 g/mol. The van der Waals surface area contributed by atoms with E-state index in [2.05, 4.69) is 0 Å². The molecule has 6 heteroatoms. The van der Waals surface area contributed by atoms with E-state index in [1.54, 1.807) is 6.07 Å². The number of alkyl halides is 1. The number of benzene rings is 1. The molecule has 1 aromatic rings. The molecule has 2 rings (SSSR count). The second kappa shape index (κ2) is 6.43. The van der Waals surface area contributed by atoms with Gasteiger partial charge in [-0.15, -0.1) is 11.6 Å². The van der Waals surface area contributed by atoms with E-state index < -0.39 is 10.0 Å². The summed E-state index contributed by atoms with van der Waals surface area (Å²) in [5.74, 6) is 0.312. The van der Waals surface area contributed by atoms with Gasteiger partial charge in [-0.25, -0.2) is 8.42 Å². The normalized spacial score (nSPS) is 21.1. The summed E-state index contributed by atoms with van der Waals surface area (Å²) in [5.41, 5.74) is 1.65. The maximum absolute atomic E-state index is 12.8. The predicted octanol–water partition coefficient (Wildman–Crippen LogP) is 2.40. The lowest BCUT2D eigenvalue weighted by Crippen LogP contribution is -2.44. The lowest BCUT2D eigenvalue weighted by atomic mass is 10.1. The van der Waals surface area contributed by atoms with Crippen LogP contribution in [-0.4, -0.2) is 38.5 Å². The minimum Gasteiger partial charge on any atom is -0.376 e. The molecule has 0 spiro atoms. The Morgan fingerprint density at radius 3 is 2.80 bits per heavy atom. The van der Waals surface area contributed by atoms with Crippen molar-refractivity contribution in [3.05, 3.63) is 29.3 Å². The van der Waals surface area contributed by atoms with Crippen molar-refractivity contribution in [2.45, 2.75) is 37.1 Å². The zero-order valence-electron chi connectivity index (χ0n) is 11.8. The van der Waals surface area contributed by atoms with Crippen LogP contribution in [0.1, 0.15) is 25.0 Å². The van der Waals surface area contributed by atoms with Crippen LogP contribution in [0, 0.1) is 0 Å². The summed E-state index contributed by atoms with van der Waals surface area (Å²) in [7, 11) is -3.48. The molecule has 1 saturated heterocycles. The summed E-state index contributed by atoms with van der Waals surface area (Å²) in [6.45, 7) is 5.09. The Labute approximate surface area is 125 Å². The number of aryl methyl sites for hydroxylation is 1. The standard InChI is InChI=1S/C14H20ClNO3S/c1-3-13-5-4-12(9-15)8-14(13)20(17,18)16-6-7-19-11(2)10-16/h4-5,8,11H,3,6-7,9-10H2,1-2H3. The van der Waals surface area contributed by atoms with Gasteiger partial charge in [-0.2, -0.15) is 4.31 Å². The van der Waals surface area contributed by atoms with Gasteiger partial charge in [0, 0.05) is 19.0 Å². The second-order valence-corrected chi connectivity index (χ2v) is 7.15. The summed E-state index contributed by atoms with van der Waals surface area (Å²) in [4.78, 5) is 0.382. The zero-order valence-corrected chi connectivity index (χ0v) is 13.4. The molecule has 20 heavy (non-hydrogen) atoms. The molecule has 4 nitrogen and oxygen atoms in total. The van der Waals surface area contributed by atoms with E-state index >= 15 is 0 Å². The monoisotopic (exact) mass is 317 g/mol. The first-order chi connectivity index (χ1) is 9.48. The Kier molecular flexibility index (Phi) is 5.07. The molecule has 112 valence electrons. The molecule has 0 aromatic heterocycles. The summed E-state index contributed by atoms with van der Waals surface area (Å²) in [5, 5.41) is 0. The first-order valence-electron chi connectivity index (χ1n) is 6.78. The third-order valence-electron chi connectivity index (χ3n) is 3.49. The van der Waals surface area contributed by atoms with Gasteiger partial charge in [0.05, 0.1) is 17.6 Å². The number of halogens is 1. The second-order valence-electron chi connectivity index (χ2n) is 4.97. The molecule has 0 amide bonds. The molecule has 1 heterocycles. The predicted molar refractivity (Wildman–Crippen MR) is 79.5 cm³/mol. The van der Waals surface area contributed by atoms with Crippen molar-refractivity contribution in [3.8, 4) is 0 Å². The third-order valence-corrected chi connectivity index (χ3v) is 5.74. The molecule has 1 aliphatic rings. The van der Waals surface area contributed by atoms with E-state index in [1.807, 2.05) is 26.0 Å². The summed E-state index contributed by atoms with van der Waals surface area (Å²) >= 11 is 5.83.